The van der Waals surface area contributed by atoms with Crippen LogP contribution in [0.3, 0.4) is 0 Å². The van der Waals surface area contributed by atoms with Crippen LogP contribution in [0.25, 0.3) is 22.7 Å². The summed E-state index contributed by atoms with van der Waals surface area (Å²) in [5.41, 5.74) is 2.72. The molecule has 0 saturated carbocycles. The second kappa shape index (κ2) is 8.75. The molecule has 0 spiro atoms. The number of oxazole rings is 1. The van der Waals surface area contributed by atoms with Gasteiger partial charge >= 0.3 is 0 Å². The molecule has 1 aromatic heterocycles. The average Bonchev–Trinajstić information content (AvgIpc) is 3.26. The number of ether oxygens (including phenoxy) is 3. The fourth-order valence-electron chi connectivity index (χ4n) is 3.28. The van der Waals surface area contributed by atoms with E-state index >= 15 is 0 Å². The lowest BCUT2D eigenvalue weighted by Crippen LogP contribution is -2.03. The van der Waals surface area contributed by atoms with Crippen LogP contribution in [0.2, 0.25) is 0 Å². The zero-order valence-corrected chi connectivity index (χ0v) is 17.4. The third-order valence-corrected chi connectivity index (χ3v) is 4.84. The lowest BCUT2D eigenvalue weighted by molar-refractivity contribution is 0.105. The average molecular weight is 415 g/mol. The topological polar surface area (TPSA) is 70.8 Å². The molecule has 0 radical (unpaired) electrons. The molecule has 3 aromatic carbocycles. The molecular formula is C25H21NO5. The van der Waals surface area contributed by atoms with Crippen LogP contribution < -0.4 is 14.2 Å². The van der Waals surface area contributed by atoms with Crippen molar-refractivity contribution in [2.24, 2.45) is 0 Å². The summed E-state index contributed by atoms with van der Waals surface area (Å²) in [6.45, 7) is 0. The Hall–Kier alpha value is -4.06. The number of hydrogen-bond donors (Lipinski definition) is 0. The van der Waals surface area contributed by atoms with E-state index in [2.05, 4.69) is 4.98 Å². The predicted octanol–water partition coefficient (Wildman–Crippen LogP) is 5.28. The maximum absolute atomic E-state index is 13.4. The van der Waals surface area contributed by atoms with Gasteiger partial charge in [0.2, 0.25) is 5.89 Å². The SMILES string of the molecule is COc1cc(OC)c(OC)cc1/C=C(/C(=O)c1ccccc1)c1nc2ccccc2o1. The fraction of sp³-hybridized carbons (Fsp3) is 0.120. The molecule has 0 atom stereocenters. The third-order valence-electron chi connectivity index (χ3n) is 4.84. The highest BCUT2D eigenvalue weighted by molar-refractivity contribution is 6.31. The van der Waals surface area contributed by atoms with Gasteiger partial charge < -0.3 is 18.6 Å². The van der Waals surface area contributed by atoms with Gasteiger partial charge in [-0.1, -0.05) is 42.5 Å². The van der Waals surface area contributed by atoms with Crippen molar-refractivity contribution in [1.29, 1.82) is 0 Å². The van der Waals surface area contributed by atoms with Gasteiger partial charge in [-0.3, -0.25) is 4.79 Å². The van der Waals surface area contributed by atoms with E-state index in [1.165, 1.54) is 0 Å². The van der Waals surface area contributed by atoms with Gasteiger partial charge in [-0.2, -0.15) is 0 Å². The van der Waals surface area contributed by atoms with Crippen LogP contribution in [0.1, 0.15) is 21.8 Å². The Morgan fingerprint density at radius 1 is 0.839 bits per heavy atom. The molecule has 0 amide bonds. The summed E-state index contributed by atoms with van der Waals surface area (Å²) in [5.74, 6) is 1.57. The van der Waals surface area contributed by atoms with E-state index in [1.807, 2.05) is 42.5 Å². The molecule has 0 bridgehead atoms. The molecule has 31 heavy (non-hydrogen) atoms. The first-order valence-corrected chi connectivity index (χ1v) is 9.62. The van der Waals surface area contributed by atoms with E-state index in [9.17, 15) is 4.79 Å². The number of para-hydroxylation sites is 2. The zero-order valence-electron chi connectivity index (χ0n) is 17.4. The van der Waals surface area contributed by atoms with Crippen molar-refractivity contribution in [1.82, 2.24) is 4.98 Å². The van der Waals surface area contributed by atoms with Gasteiger partial charge in [-0.25, -0.2) is 4.98 Å². The standard InChI is InChI=1S/C25H21NO5/c1-28-21-15-23(30-3)22(29-2)14-17(21)13-18(24(27)16-9-5-4-6-10-16)25-26-19-11-7-8-12-20(19)31-25/h4-15H,1-3H3/b18-13-. The Morgan fingerprint density at radius 3 is 2.16 bits per heavy atom. The lowest BCUT2D eigenvalue weighted by atomic mass is 10.00. The number of carbonyl (C=O) groups is 1. The summed E-state index contributed by atoms with van der Waals surface area (Å²) in [5, 5.41) is 0. The highest BCUT2D eigenvalue weighted by Crippen LogP contribution is 2.37. The number of methoxy groups -OCH3 is 3. The number of allylic oxidation sites excluding steroid dienone is 1. The lowest BCUT2D eigenvalue weighted by Gasteiger charge is -2.13. The molecule has 156 valence electrons. The fourth-order valence-corrected chi connectivity index (χ4v) is 3.28. The van der Waals surface area contributed by atoms with Gasteiger partial charge in [-0.05, 0) is 24.3 Å². The summed E-state index contributed by atoms with van der Waals surface area (Å²) in [4.78, 5) is 18.0. The summed E-state index contributed by atoms with van der Waals surface area (Å²) >= 11 is 0. The number of carbonyl (C=O) groups excluding carboxylic acids is 1. The number of nitrogens with zero attached hydrogens (tertiary/aromatic N) is 1. The first kappa shape index (κ1) is 20.2. The quantitative estimate of drug-likeness (QED) is 0.302. The number of fused-ring (bicyclic) bond motifs is 1. The maximum Gasteiger partial charge on any atom is 0.231 e. The van der Waals surface area contributed by atoms with Gasteiger partial charge in [0.25, 0.3) is 0 Å². The molecule has 0 aliphatic heterocycles. The van der Waals surface area contributed by atoms with E-state index in [4.69, 9.17) is 18.6 Å². The van der Waals surface area contributed by atoms with Gasteiger partial charge in [0.05, 0.1) is 26.9 Å². The Kier molecular flexibility index (Phi) is 5.71. The van der Waals surface area contributed by atoms with Crippen molar-refractivity contribution in [2.45, 2.75) is 0 Å². The third kappa shape index (κ3) is 4.00. The van der Waals surface area contributed by atoms with Crippen LogP contribution in [-0.2, 0) is 0 Å². The summed E-state index contributed by atoms with van der Waals surface area (Å²) < 4.78 is 22.2. The van der Waals surface area contributed by atoms with Crippen molar-refractivity contribution in [3.63, 3.8) is 0 Å². The predicted molar refractivity (Wildman–Crippen MR) is 119 cm³/mol. The minimum Gasteiger partial charge on any atom is -0.496 e. The molecular weight excluding hydrogens is 394 g/mol. The zero-order chi connectivity index (χ0) is 21.8. The summed E-state index contributed by atoms with van der Waals surface area (Å²) in [6.07, 6.45) is 1.70. The smallest absolute Gasteiger partial charge is 0.231 e. The van der Waals surface area contributed by atoms with Crippen molar-refractivity contribution in [3.8, 4) is 17.2 Å². The van der Waals surface area contributed by atoms with Crippen LogP contribution in [0.4, 0.5) is 0 Å². The largest absolute Gasteiger partial charge is 0.496 e. The summed E-state index contributed by atoms with van der Waals surface area (Å²) in [7, 11) is 4.65. The van der Waals surface area contributed by atoms with E-state index in [0.29, 0.717) is 45.0 Å². The van der Waals surface area contributed by atoms with Crippen LogP contribution in [0.5, 0.6) is 17.2 Å². The van der Waals surface area contributed by atoms with Crippen molar-refractivity contribution < 1.29 is 23.4 Å². The Balaban J connectivity index is 1.92. The van der Waals surface area contributed by atoms with Crippen molar-refractivity contribution in [2.75, 3.05) is 21.3 Å². The van der Waals surface area contributed by atoms with Gasteiger partial charge in [0.15, 0.2) is 22.9 Å². The second-order valence-electron chi connectivity index (χ2n) is 6.69. The molecule has 4 rings (SSSR count). The highest BCUT2D eigenvalue weighted by atomic mass is 16.5. The van der Waals surface area contributed by atoms with Gasteiger partial charge in [0, 0.05) is 17.2 Å². The molecule has 0 unspecified atom stereocenters. The Bertz CT molecular complexity index is 1220. The first-order valence-electron chi connectivity index (χ1n) is 9.62. The molecule has 6 heteroatoms. The summed E-state index contributed by atoms with van der Waals surface area (Å²) in [6, 6.07) is 19.8. The molecule has 4 aromatic rings. The molecule has 0 aliphatic carbocycles. The number of hydrogen-bond acceptors (Lipinski definition) is 6. The number of Topliss-reactive ketones (excluding diaryl/α,β-unsaturated/α-hetero) is 1. The van der Waals surface area contributed by atoms with Gasteiger partial charge in [-0.15, -0.1) is 0 Å². The molecule has 0 N–H and O–H groups in total. The van der Waals surface area contributed by atoms with Crippen LogP contribution >= 0.6 is 0 Å². The first-order chi connectivity index (χ1) is 15.1. The van der Waals surface area contributed by atoms with E-state index in [0.717, 1.165) is 0 Å². The minimum absolute atomic E-state index is 0.219. The maximum atomic E-state index is 13.4. The van der Waals surface area contributed by atoms with Gasteiger partial charge in [0.1, 0.15) is 11.3 Å². The van der Waals surface area contributed by atoms with Crippen LogP contribution in [0, 0.1) is 0 Å². The van der Waals surface area contributed by atoms with E-state index < -0.39 is 0 Å². The van der Waals surface area contributed by atoms with Crippen molar-refractivity contribution in [3.05, 3.63) is 83.7 Å². The number of aromatic nitrogens is 1. The molecule has 6 nitrogen and oxygen atoms in total. The van der Waals surface area contributed by atoms with E-state index in [1.54, 1.807) is 51.7 Å². The highest BCUT2D eigenvalue weighted by Gasteiger charge is 2.21. The molecule has 1 heterocycles. The Morgan fingerprint density at radius 2 is 1.48 bits per heavy atom. The number of benzene rings is 3. The Labute approximate surface area is 179 Å². The van der Waals surface area contributed by atoms with Crippen molar-refractivity contribution >= 4 is 28.5 Å². The molecule has 0 saturated heterocycles. The number of rotatable bonds is 7. The minimum atomic E-state index is -0.219. The van der Waals surface area contributed by atoms with E-state index in [-0.39, 0.29) is 11.7 Å². The second-order valence-corrected chi connectivity index (χ2v) is 6.69. The van der Waals surface area contributed by atoms with Crippen LogP contribution in [0.15, 0.2) is 71.1 Å². The molecule has 0 fully saturated rings. The normalized spacial score (nSPS) is 11.4. The monoisotopic (exact) mass is 415 g/mol. The number of ketones is 1. The molecule has 0 aliphatic rings. The van der Waals surface area contributed by atoms with Crippen LogP contribution in [-0.4, -0.2) is 32.1 Å².